The summed E-state index contributed by atoms with van der Waals surface area (Å²) >= 11 is 0. The number of likely N-dealkylation sites (N-methyl/N-ethyl adjacent to an activating group) is 1. The van der Waals surface area contributed by atoms with Crippen molar-refractivity contribution in [3.8, 4) is 11.5 Å². The second-order valence-electron chi connectivity index (χ2n) is 5.08. The molecule has 5 nitrogen and oxygen atoms in total. The van der Waals surface area contributed by atoms with Gasteiger partial charge in [-0.1, -0.05) is 6.92 Å². The van der Waals surface area contributed by atoms with Crippen LogP contribution in [0.25, 0.3) is 0 Å². The van der Waals surface area contributed by atoms with Gasteiger partial charge in [0.25, 0.3) is 0 Å². The number of hydrogen-bond acceptors (Lipinski definition) is 5. The van der Waals surface area contributed by atoms with Gasteiger partial charge in [-0.3, -0.25) is 0 Å². The first-order valence-corrected chi connectivity index (χ1v) is 7.38. The zero-order valence-corrected chi connectivity index (χ0v) is 13.1. The van der Waals surface area contributed by atoms with Crippen molar-refractivity contribution in [2.45, 2.75) is 39.3 Å². The van der Waals surface area contributed by atoms with Crippen molar-refractivity contribution in [3.63, 3.8) is 0 Å². The fraction of sp³-hybridized carbons (Fsp3) is 0.562. The highest BCUT2D eigenvalue weighted by molar-refractivity contribution is 5.79. The molecule has 0 spiro atoms. The summed E-state index contributed by atoms with van der Waals surface area (Å²) in [4.78, 5) is 12.2. The molecule has 1 heterocycles. The summed E-state index contributed by atoms with van der Waals surface area (Å²) in [5.41, 5.74) is 1.87. The predicted octanol–water partition coefficient (Wildman–Crippen LogP) is 2.23. The number of carbonyl (C=O) groups is 1. The third-order valence-electron chi connectivity index (χ3n) is 3.49. The maximum atomic E-state index is 12.2. The highest BCUT2D eigenvalue weighted by atomic mass is 16.5. The molecule has 0 bridgehead atoms. The Hall–Kier alpha value is -1.75. The molecule has 1 N–H and O–H groups in total. The van der Waals surface area contributed by atoms with Gasteiger partial charge < -0.3 is 19.5 Å². The summed E-state index contributed by atoms with van der Waals surface area (Å²) in [6.45, 7) is 6.78. The van der Waals surface area contributed by atoms with E-state index in [1.807, 2.05) is 26.0 Å². The fourth-order valence-corrected chi connectivity index (χ4v) is 2.61. The van der Waals surface area contributed by atoms with E-state index in [0.29, 0.717) is 18.9 Å². The molecule has 2 rings (SSSR count). The second-order valence-corrected chi connectivity index (χ2v) is 5.08. The first-order valence-electron chi connectivity index (χ1n) is 7.38. The molecule has 0 saturated carbocycles. The van der Waals surface area contributed by atoms with Crippen molar-refractivity contribution >= 4 is 5.97 Å². The molecule has 1 aromatic carbocycles. The molecule has 0 radical (unpaired) electrons. The molecule has 0 fully saturated rings. The lowest BCUT2D eigenvalue weighted by Crippen LogP contribution is -2.30. The van der Waals surface area contributed by atoms with Gasteiger partial charge in [-0.25, -0.2) is 4.79 Å². The van der Waals surface area contributed by atoms with E-state index in [1.165, 1.54) is 0 Å². The Morgan fingerprint density at radius 2 is 2.24 bits per heavy atom. The minimum absolute atomic E-state index is 0.153. The number of carbonyl (C=O) groups excluding carboxylic acids is 1. The molecular weight excluding hydrogens is 270 g/mol. The molecule has 1 aromatic rings. The third-order valence-corrected chi connectivity index (χ3v) is 3.49. The van der Waals surface area contributed by atoms with Gasteiger partial charge in [-0.15, -0.1) is 0 Å². The number of ether oxygens (including phenoxy) is 3. The Labute approximate surface area is 125 Å². The van der Waals surface area contributed by atoms with Gasteiger partial charge in [-0.2, -0.15) is 0 Å². The van der Waals surface area contributed by atoms with Crippen LogP contribution in [0.2, 0.25) is 0 Å². The van der Waals surface area contributed by atoms with Gasteiger partial charge in [0.05, 0.1) is 13.7 Å². The van der Waals surface area contributed by atoms with E-state index in [4.69, 9.17) is 14.2 Å². The van der Waals surface area contributed by atoms with Crippen LogP contribution in [-0.4, -0.2) is 32.3 Å². The molecule has 1 aliphatic heterocycles. The average molecular weight is 293 g/mol. The molecule has 1 aliphatic rings. The van der Waals surface area contributed by atoms with Crippen LogP contribution in [-0.2, 0) is 16.0 Å². The third kappa shape index (κ3) is 3.29. The van der Waals surface area contributed by atoms with Crippen LogP contribution in [0.3, 0.4) is 0 Å². The zero-order chi connectivity index (χ0) is 15.4. The number of fused-ring (bicyclic) bond motifs is 1. The summed E-state index contributed by atoms with van der Waals surface area (Å²) < 4.78 is 16.4. The van der Waals surface area contributed by atoms with Crippen molar-refractivity contribution < 1.29 is 19.0 Å². The monoisotopic (exact) mass is 293 g/mol. The van der Waals surface area contributed by atoms with Crippen LogP contribution in [0.1, 0.15) is 37.9 Å². The number of methoxy groups -OCH3 is 1. The lowest BCUT2D eigenvalue weighted by molar-refractivity contribution is -0.145. The Morgan fingerprint density at radius 3 is 2.86 bits per heavy atom. The van der Waals surface area contributed by atoms with Crippen LogP contribution in [0.4, 0.5) is 0 Å². The van der Waals surface area contributed by atoms with Crippen LogP contribution in [0.5, 0.6) is 11.5 Å². The van der Waals surface area contributed by atoms with E-state index in [9.17, 15) is 4.79 Å². The molecule has 0 aromatic heterocycles. The van der Waals surface area contributed by atoms with Gasteiger partial charge in [-0.05, 0) is 32.5 Å². The topological polar surface area (TPSA) is 56.8 Å². The van der Waals surface area contributed by atoms with Crippen molar-refractivity contribution in [2.75, 3.05) is 20.3 Å². The van der Waals surface area contributed by atoms with Crippen molar-refractivity contribution in [3.05, 3.63) is 23.3 Å². The van der Waals surface area contributed by atoms with Crippen molar-refractivity contribution in [1.82, 2.24) is 5.32 Å². The summed E-state index contributed by atoms with van der Waals surface area (Å²) in [5, 5.41) is 3.15. The lowest BCUT2D eigenvalue weighted by atomic mass is 10.0. The molecule has 21 heavy (non-hydrogen) atoms. The van der Waals surface area contributed by atoms with Gasteiger partial charge in [0.1, 0.15) is 23.6 Å². The highest BCUT2D eigenvalue weighted by Gasteiger charge is 2.28. The van der Waals surface area contributed by atoms with Gasteiger partial charge >= 0.3 is 5.97 Å². The summed E-state index contributed by atoms with van der Waals surface area (Å²) in [7, 11) is 1.61. The Morgan fingerprint density at radius 1 is 1.48 bits per heavy atom. The number of nitrogens with one attached hydrogen (secondary N) is 1. The van der Waals surface area contributed by atoms with Crippen molar-refractivity contribution in [1.29, 1.82) is 0 Å². The standard InChI is InChI=1S/C16H23NO4/c1-5-17-15(16(18)20-6-2)12-9-13-11(7-10(3)21-13)8-14(12)19-4/h8-10,15,17H,5-7H2,1-4H3. The Balaban J connectivity index is 2.39. The SMILES string of the molecule is CCNC(C(=O)OCC)c1cc2c(cc1OC)CC(C)O2. The first-order chi connectivity index (χ1) is 10.1. The summed E-state index contributed by atoms with van der Waals surface area (Å²) in [6, 6.07) is 3.30. The minimum atomic E-state index is -0.547. The summed E-state index contributed by atoms with van der Waals surface area (Å²) in [5.74, 6) is 1.21. The normalized spacial score (nSPS) is 17.8. The summed E-state index contributed by atoms with van der Waals surface area (Å²) in [6.07, 6.45) is 1.01. The molecular formula is C16H23NO4. The molecule has 0 aliphatic carbocycles. The molecule has 2 atom stereocenters. The van der Waals surface area contributed by atoms with E-state index in [0.717, 1.165) is 23.3 Å². The van der Waals surface area contributed by atoms with E-state index in [-0.39, 0.29) is 12.1 Å². The van der Waals surface area contributed by atoms with Crippen molar-refractivity contribution in [2.24, 2.45) is 0 Å². The number of hydrogen-bond donors (Lipinski definition) is 1. The number of benzene rings is 1. The largest absolute Gasteiger partial charge is 0.496 e. The molecule has 116 valence electrons. The highest BCUT2D eigenvalue weighted by Crippen LogP contribution is 2.37. The molecule has 0 amide bonds. The predicted molar refractivity (Wildman–Crippen MR) is 79.8 cm³/mol. The van der Waals surface area contributed by atoms with Crippen LogP contribution >= 0.6 is 0 Å². The maximum absolute atomic E-state index is 12.2. The van der Waals surface area contributed by atoms with Crippen LogP contribution in [0, 0.1) is 0 Å². The molecule has 2 unspecified atom stereocenters. The molecule has 5 heteroatoms. The van der Waals surface area contributed by atoms with Gasteiger partial charge in [0.2, 0.25) is 0 Å². The Kier molecular flexibility index (Phi) is 5.07. The zero-order valence-electron chi connectivity index (χ0n) is 13.1. The maximum Gasteiger partial charge on any atom is 0.327 e. The van der Waals surface area contributed by atoms with E-state index < -0.39 is 6.04 Å². The van der Waals surface area contributed by atoms with Crippen LogP contribution < -0.4 is 14.8 Å². The number of rotatable bonds is 6. The first kappa shape index (κ1) is 15.6. The molecule has 0 saturated heterocycles. The quantitative estimate of drug-likeness (QED) is 0.815. The van der Waals surface area contributed by atoms with Crippen LogP contribution in [0.15, 0.2) is 12.1 Å². The Bertz CT molecular complexity index is 515. The van der Waals surface area contributed by atoms with Gasteiger partial charge in [0, 0.05) is 17.5 Å². The van der Waals surface area contributed by atoms with E-state index in [2.05, 4.69) is 5.32 Å². The van der Waals surface area contributed by atoms with Gasteiger partial charge in [0.15, 0.2) is 0 Å². The van der Waals surface area contributed by atoms with E-state index >= 15 is 0 Å². The average Bonchev–Trinajstić information content (AvgIpc) is 2.82. The second kappa shape index (κ2) is 6.80. The lowest BCUT2D eigenvalue weighted by Gasteiger charge is -2.20. The smallest absolute Gasteiger partial charge is 0.327 e. The van der Waals surface area contributed by atoms with E-state index in [1.54, 1.807) is 14.0 Å². The minimum Gasteiger partial charge on any atom is -0.496 e. The fourth-order valence-electron chi connectivity index (χ4n) is 2.61. The number of esters is 1.